The molecule has 2 fully saturated rings. The van der Waals surface area contributed by atoms with Crippen LogP contribution in [0, 0.1) is 0 Å². The van der Waals surface area contributed by atoms with Crippen molar-refractivity contribution >= 4 is 53.9 Å². The van der Waals surface area contributed by atoms with Gasteiger partial charge in [-0.1, -0.05) is 28.6 Å². The van der Waals surface area contributed by atoms with E-state index in [0.29, 0.717) is 43.2 Å². The molecule has 1 atom stereocenters. The molecule has 0 spiro atoms. The first-order valence-corrected chi connectivity index (χ1v) is 12.2. The van der Waals surface area contributed by atoms with E-state index < -0.39 is 15.7 Å². The number of amides is 1. The molecule has 0 bridgehead atoms. The molecule has 1 aliphatic carbocycles. The van der Waals surface area contributed by atoms with E-state index in [1.807, 2.05) is 0 Å². The van der Waals surface area contributed by atoms with E-state index in [4.69, 9.17) is 9.57 Å². The van der Waals surface area contributed by atoms with E-state index in [-0.39, 0.29) is 22.0 Å². The first-order valence-electron chi connectivity index (χ1n) is 9.02. The highest BCUT2D eigenvalue weighted by Gasteiger charge is 2.36. The smallest absolute Gasteiger partial charge is 0.280 e. The fourth-order valence-electron chi connectivity index (χ4n) is 2.79. The van der Waals surface area contributed by atoms with Crippen LogP contribution in [0.3, 0.4) is 0 Å². The fraction of sp³-hybridized carbons (Fsp3) is 0.389. The van der Waals surface area contributed by atoms with Crippen LogP contribution in [0.4, 0.5) is 5.13 Å². The number of thiazole rings is 1. The monoisotopic (exact) mass is 499 g/mol. The van der Waals surface area contributed by atoms with E-state index in [2.05, 4.69) is 31.4 Å². The number of anilines is 1. The number of hydrogen-bond donors (Lipinski definition) is 1. The predicted octanol–water partition coefficient (Wildman–Crippen LogP) is 2.99. The Balaban J connectivity index is 1.58. The molecule has 0 radical (unpaired) electrons. The summed E-state index contributed by atoms with van der Waals surface area (Å²) in [6, 6.07) is 6.15. The van der Waals surface area contributed by atoms with Crippen LogP contribution >= 0.6 is 27.3 Å². The molecule has 2 aromatic rings. The zero-order chi connectivity index (χ0) is 20.4. The number of ether oxygens (including phenoxy) is 1. The summed E-state index contributed by atoms with van der Waals surface area (Å²) in [4.78, 5) is 22.6. The van der Waals surface area contributed by atoms with Gasteiger partial charge in [-0.15, -0.1) is 0 Å². The largest absolute Gasteiger partial charge is 0.389 e. The quantitative estimate of drug-likeness (QED) is 0.463. The molecule has 11 heteroatoms. The lowest BCUT2D eigenvalue weighted by Crippen LogP contribution is -2.25. The highest BCUT2D eigenvalue weighted by Crippen LogP contribution is 2.33. The van der Waals surface area contributed by atoms with Gasteiger partial charge in [-0.3, -0.25) is 10.1 Å². The zero-order valence-corrected chi connectivity index (χ0v) is 18.4. The molecule has 0 unspecified atom stereocenters. The van der Waals surface area contributed by atoms with Crippen LogP contribution < -0.4 is 5.32 Å². The lowest BCUT2D eigenvalue weighted by Gasteiger charge is -2.10. The van der Waals surface area contributed by atoms with Crippen molar-refractivity contribution in [2.24, 2.45) is 5.16 Å². The van der Waals surface area contributed by atoms with Crippen molar-refractivity contribution in [2.75, 3.05) is 18.5 Å². The van der Waals surface area contributed by atoms with Crippen molar-refractivity contribution < 1.29 is 22.8 Å². The van der Waals surface area contributed by atoms with E-state index in [0.717, 1.165) is 3.79 Å². The summed E-state index contributed by atoms with van der Waals surface area (Å²) in [6.07, 6.45) is 3.44. The van der Waals surface area contributed by atoms with Gasteiger partial charge in [0.15, 0.2) is 26.8 Å². The topological polar surface area (TPSA) is 107 Å². The molecule has 1 saturated heterocycles. The molecule has 2 heterocycles. The summed E-state index contributed by atoms with van der Waals surface area (Å²) in [6.45, 7) is 0.999. The maximum absolute atomic E-state index is 12.8. The fourth-order valence-corrected chi connectivity index (χ4v) is 5.55. The first-order chi connectivity index (χ1) is 13.9. The number of carbonyl (C=O) groups is 1. The van der Waals surface area contributed by atoms with Crippen molar-refractivity contribution in [3.05, 3.63) is 39.8 Å². The average Bonchev–Trinajstić information content (AvgIpc) is 3.31. The molecule has 4 rings (SSSR count). The number of sulfone groups is 1. The second kappa shape index (κ2) is 8.50. The van der Waals surface area contributed by atoms with Gasteiger partial charge in [0, 0.05) is 12.0 Å². The third kappa shape index (κ3) is 4.85. The Labute approximate surface area is 180 Å². The van der Waals surface area contributed by atoms with Crippen molar-refractivity contribution in [1.29, 1.82) is 0 Å². The van der Waals surface area contributed by atoms with Crippen LogP contribution in [-0.4, -0.2) is 49.6 Å². The molecular weight excluding hydrogens is 482 g/mol. The molecular formula is C18H18BrN3O5S2. The zero-order valence-electron chi connectivity index (χ0n) is 15.2. The number of halogens is 1. The number of hydrogen-bond acceptors (Lipinski definition) is 8. The van der Waals surface area contributed by atoms with Gasteiger partial charge >= 0.3 is 0 Å². The minimum Gasteiger partial charge on any atom is -0.389 e. The van der Waals surface area contributed by atoms with Crippen LogP contribution in [0.15, 0.2) is 44.3 Å². The van der Waals surface area contributed by atoms with E-state index >= 15 is 0 Å². The maximum atomic E-state index is 12.8. The summed E-state index contributed by atoms with van der Waals surface area (Å²) < 4.78 is 30.8. The first kappa shape index (κ1) is 20.5. The average molecular weight is 500 g/mol. The number of rotatable bonds is 7. The van der Waals surface area contributed by atoms with E-state index in [1.165, 1.54) is 23.5 Å². The Morgan fingerprint density at radius 3 is 2.62 bits per heavy atom. The van der Waals surface area contributed by atoms with Gasteiger partial charge in [0.2, 0.25) is 0 Å². The van der Waals surface area contributed by atoms with Gasteiger partial charge in [0.1, 0.15) is 0 Å². The van der Waals surface area contributed by atoms with Crippen LogP contribution in [0.1, 0.15) is 24.8 Å². The molecule has 1 aromatic heterocycles. The van der Waals surface area contributed by atoms with Crippen molar-refractivity contribution in [1.82, 2.24) is 4.98 Å². The Bertz CT molecular complexity index is 1030. The molecule has 1 amide bonds. The molecule has 1 N–H and O–H groups in total. The van der Waals surface area contributed by atoms with Crippen molar-refractivity contribution in [2.45, 2.75) is 35.5 Å². The van der Waals surface area contributed by atoms with E-state index in [9.17, 15) is 13.2 Å². The molecule has 2 aliphatic rings. The Morgan fingerprint density at radius 2 is 2.03 bits per heavy atom. The maximum Gasteiger partial charge on any atom is 0.280 e. The second-order valence-electron chi connectivity index (χ2n) is 6.72. The Morgan fingerprint density at radius 1 is 1.28 bits per heavy atom. The lowest BCUT2D eigenvalue weighted by molar-refractivity contribution is -0.110. The number of oxime groups is 1. The highest BCUT2D eigenvalue weighted by atomic mass is 79.9. The Kier molecular flexibility index (Phi) is 6.00. The van der Waals surface area contributed by atoms with Gasteiger partial charge in [0.25, 0.3) is 5.91 Å². The van der Waals surface area contributed by atoms with Gasteiger partial charge < -0.3 is 9.57 Å². The van der Waals surface area contributed by atoms with Crippen molar-refractivity contribution in [3.63, 3.8) is 0 Å². The molecule has 1 saturated carbocycles. The molecule has 1 aromatic carbocycles. The van der Waals surface area contributed by atoms with Gasteiger partial charge in [0.05, 0.1) is 33.3 Å². The van der Waals surface area contributed by atoms with Crippen LogP contribution in [0.2, 0.25) is 0 Å². The van der Waals surface area contributed by atoms with Crippen LogP contribution in [0.5, 0.6) is 0 Å². The summed E-state index contributed by atoms with van der Waals surface area (Å²) in [5, 5.41) is 6.86. The standard InChI is InChI=1S/C18H18BrN3O5S2/c19-15-9-20-18(28-15)21-17(23)16(22-27-12-7-8-26-10-12)11-1-3-13(4-2-11)29(24,25)14-5-6-14/h1-4,9,12,14H,5-8,10H2,(H,20,21,23)/t12-/m1/s1. The van der Waals surface area contributed by atoms with Crippen LogP contribution in [-0.2, 0) is 24.2 Å². The van der Waals surface area contributed by atoms with Crippen LogP contribution in [0.25, 0.3) is 0 Å². The third-order valence-electron chi connectivity index (χ3n) is 4.51. The van der Waals surface area contributed by atoms with Gasteiger partial charge in [-0.05, 0) is 40.9 Å². The summed E-state index contributed by atoms with van der Waals surface area (Å²) >= 11 is 4.57. The minimum atomic E-state index is -3.30. The normalized spacial score (nSPS) is 19.9. The summed E-state index contributed by atoms with van der Waals surface area (Å²) in [5.74, 6) is -0.497. The molecule has 1 aliphatic heterocycles. The SMILES string of the molecule is O=C(Nc1ncc(Br)s1)C(=NO[C@@H]1CCOC1)c1ccc(S(=O)(=O)C2CC2)cc1. The number of aromatic nitrogens is 1. The predicted molar refractivity (Wildman–Crippen MR) is 112 cm³/mol. The van der Waals surface area contributed by atoms with E-state index in [1.54, 1.807) is 18.3 Å². The molecule has 8 nitrogen and oxygen atoms in total. The minimum absolute atomic E-state index is 0.0404. The lowest BCUT2D eigenvalue weighted by atomic mass is 10.1. The second-order valence-corrected chi connectivity index (χ2v) is 11.4. The van der Waals surface area contributed by atoms with Gasteiger partial charge in [-0.2, -0.15) is 0 Å². The number of nitrogens with zero attached hydrogens (tertiary/aromatic N) is 2. The van der Waals surface area contributed by atoms with Gasteiger partial charge in [-0.25, -0.2) is 13.4 Å². The van der Waals surface area contributed by atoms with Crippen molar-refractivity contribution in [3.8, 4) is 0 Å². The third-order valence-corrected chi connectivity index (χ3v) is 8.18. The summed E-state index contributed by atoms with van der Waals surface area (Å²) in [7, 11) is -3.30. The number of carbonyl (C=O) groups excluding carboxylic acids is 1. The number of benzene rings is 1. The molecule has 29 heavy (non-hydrogen) atoms. The highest BCUT2D eigenvalue weighted by molar-refractivity contribution is 9.11. The summed E-state index contributed by atoms with van der Waals surface area (Å²) in [5.41, 5.74) is 0.491. The Hall–Kier alpha value is -1.82. The number of nitrogens with one attached hydrogen (secondary N) is 1. The molecule has 154 valence electrons.